The highest BCUT2D eigenvalue weighted by atomic mass is 16.6. The highest BCUT2D eigenvalue weighted by molar-refractivity contribution is 5.79. The molecule has 0 aromatic heterocycles. The maximum absolute atomic E-state index is 13.5. The Balaban J connectivity index is 1.03. The number of rotatable bonds is 6. The molecule has 4 aromatic rings. The summed E-state index contributed by atoms with van der Waals surface area (Å²) in [6, 6.07) is 33.8. The van der Waals surface area contributed by atoms with Gasteiger partial charge in [0.15, 0.2) is 0 Å². The summed E-state index contributed by atoms with van der Waals surface area (Å²) < 4.78 is 17.8. The summed E-state index contributed by atoms with van der Waals surface area (Å²) in [7, 11) is 0. The van der Waals surface area contributed by atoms with Gasteiger partial charge in [-0.3, -0.25) is 4.90 Å². The van der Waals surface area contributed by atoms with E-state index < -0.39 is 5.60 Å². The van der Waals surface area contributed by atoms with Crippen LogP contribution in [-0.2, 0) is 21.7 Å². The Labute approximate surface area is 240 Å². The van der Waals surface area contributed by atoms with Crippen LogP contribution in [0.25, 0.3) is 11.1 Å². The number of carbonyl (C=O) groups excluding carboxylic acids is 1. The first kappa shape index (κ1) is 25.8. The number of piperidine rings is 1. The van der Waals surface area contributed by atoms with Crippen molar-refractivity contribution in [3.8, 4) is 16.9 Å². The molecule has 6 heteroatoms. The van der Waals surface area contributed by atoms with Crippen molar-refractivity contribution < 1.29 is 24.1 Å². The number of morpholine rings is 1. The number of carbonyl (C=O) groups is 1. The lowest BCUT2D eigenvalue weighted by atomic mass is 9.77. The van der Waals surface area contributed by atoms with Gasteiger partial charge < -0.3 is 19.3 Å². The zero-order chi connectivity index (χ0) is 27.8. The van der Waals surface area contributed by atoms with Crippen molar-refractivity contribution in [2.75, 3.05) is 19.8 Å². The Bertz CT molecular complexity index is 1480. The number of amides is 1. The third-order valence-corrected chi connectivity index (χ3v) is 8.74. The summed E-state index contributed by atoms with van der Waals surface area (Å²) >= 11 is 0. The van der Waals surface area contributed by atoms with Gasteiger partial charge in [-0.2, -0.15) is 0 Å². The third kappa shape index (κ3) is 4.88. The Morgan fingerprint density at radius 1 is 0.805 bits per heavy atom. The lowest BCUT2D eigenvalue weighted by Crippen LogP contribution is -2.62. The molecule has 1 amide bonds. The Morgan fingerprint density at radius 2 is 1.39 bits per heavy atom. The molecule has 4 aromatic carbocycles. The van der Waals surface area contributed by atoms with Crippen LogP contribution in [0.2, 0.25) is 0 Å². The first-order valence-electron chi connectivity index (χ1n) is 14.3. The smallest absolute Gasteiger partial charge is 0.410 e. The molecule has 7 rings (SSSR count). The number of hydrogen-bond acceptors (Lipinski definition) is 5. The van der Waals surface area contributed by atoms with Crippen LogP contribution in [0.3, 0.4) is 0 Å². The summed E-state index contributed by atoms with van der Waals surface area (Å²) in [4.78, 5) is 15.3. The lowest BCUT2D eigenvalue weighted by Gasteiger charge is -2.51. The number of benzene rings is 4. The topological polar surface area (TPSA) is 68.2 Å². The zero-order valence-electron chi connectivity index (χ0n) is 22.8. The predicted octanol–water partition coefficient (Wildman–Crippen LogP) is 6.27. The number of ether oxygens (including phenoxy) is 3. The summed E-state index contributed by atoms with van der Waals surface area (Å²) in [6.45, 7) is 1.52. The molecule has 1 aliphatic carbocycles. The zero-order valence-corrected chi connectivity index (χ0v) is 22.8. The molecule has 6 nitrogen and oxygen atoms in total. The molecule has 3 aliphatic rings. The van der Waals surface area contributed by atoms with Gasteiger partial charge in [-0.05, 0) is 45.5 Å². The highest BCUT2D eigenvalue weighted by Gasteiger charge is 2.49. The normalized spacial score (nSPS) is 23.0. The molecule has 2 bridgehead atoms. The van der Waals surface area contributed by atoms with Crippen LogP contribution in [-0.4, -0.2) is 48.0 Å². The molecular formula is C35H33NO5. The van der Waals surface area contributed by atoms with Gasteiger partial charge >= 0.3 is 6.09 Å². The van der Waals surface area contributed by atoms with Crippen molar-refractivity contribution in [1.82, 2.24) is 4.90 Å². The van der Waals surface area contributed by atoms with Crippen molar-refractivity contribution in [2.24, 2.45) is 0 Å². The standard InChI is InChI=1S/C35H33NO5/c37-34(41-23-33-31-12-6-4-10-29(31)30-11-5-7-13-32(30)33)36-26-18-35(38,19-27(36)22-39-21-26)25-14-16-28(17-15-25)40-20-24-8-2-1-3-9-24/h1-17,26-27,33,38H,18-23H2. The van der Waals surface area contributed by atoms with Gasteiger partial charge in [0.05, 0.1) is 30.9 Å². The van der Waals surface area contributed by atoms with Crippen LogP contribution in [0.4, 0.5) is 4.79 Å². The maximum atomic E-state index is 13.5. The molecule has 2 unspecified atom stereocenters. The maximum Gasteiger partial charge on any atom is 0.410 e. The molecule has 2 saturated heterocycles. The Kier molecular flexibility index (Phi) is 6.73. The van der Waals surface area contributed by atoms with E-state index in [9.17, 15) is 9.90 Å². The fourth-order valence-electron chi connectivity index (χ4n) is 6.78. The van der Waals surface area contributed by atoms with Crippen LogP contribution in [0.1, 0.15) is 41.0 Å². The minimum Gasteiger partial charge on any atom is -0.489 e. The summed E-state index contributed by atoms with van der Waals surface area (Å²) in [5.74, 6) is 0.757. The second kappa shape index (κ2) is 10.7. The average molecular weight is 548 g/mol. The predicted molar refractivity (Wildman–Crippen MR) is 156 cm³/mol. The quantitative estimate of drug-likeness (QED) is 0.308. The fourth-order valence-corrected chi connectivity index (χ4v) is 6.78. The van der Waals surface area contributed by atoms with Gasteiger partial charge in [-0.1, -0.05) is 91.0 Å². The van der Waals surface area contributed by atoms with Crippen molar-refractivity contribution in [3.63, 3.8) is 0 Å². The second-order valence-corrected chi connectivity index (χ2v) is 11.3. The van der Waals surface area contributed by atoms with Crippen molar-refractivity contribution in [1.29, 1.82) is 0 Å². The van der Waals surface area contributed by atoms with E-state index in [0.717, 1.165) is 16.9 Å². The Morgan fingerprint density at radius 3 is 2.02 bits per heavy atom. The molecule has 208 valence electrons. The van der Waals surface area contributed by atoms with Gasteiger partial charge in [0.25, 0.3) is 0 Å². The van der Waals surface area contributed by atoms with Crippen LogP contribution in [0.15, 0.2) is 103 Å². The van der Waals surface area contributed by atoms with Gasteiger partial charge in [0, 0.05) is 18.8 Å². The molecule has 2 heterocycles. The van der Waals surface area contributed by atoms with Gasteiger partial charge in [-0.25, -0.2) is 4.79 Å². The molecular weight excluding hydrogens is 514 g/mol. The van der Waals surface area contributed by atoms with E-state index in [2.05, 4.69) is 24.3 Å². The number of aliphatic hydroxyl groups is 1. The van der Waals surface area contributed by atoms with Gasteiger partial charge in [0.1, 0.15) is 19.0 Å². The molecule has 2 fully saturated rings. The molecule has 1 N–H and O–H groups in total. The van der Waals surface area contributed by atoms with E-state index in [4.69, 9.17) is 14.2 Å². The Hall–Kier alpha value is -4.13. The second-order valence-electron chi connectivity index (χ2n) is 11.3. The SMILES string of the molecule is O=C(OCC1c2ccccc2-c2ccccc21)N1C2COCC1CC(O)(c1ccc(OCc3ccccc3)cc1)C2. The van der Waals surface area contributed by atoms with E-state index in [1.807, 2.05) is 83.8 Å². The first-order valence-corrected chi connectivity index (χ1v) is 14.3. The summed E-state index contributed by atoms with van der Waals surface area (Å²) in [6.07, 6.45) is 0.437. The molecule has 0 spiro atoms. The van der Waals surface area contributed by atoms with Crippen LogP contribution in [0, 0.1) is 0 Å². The first-order chi connectivity index (χ1) is 20.1. The minimum atomic E-state index is -1.06. The van der Waals surface area contributed by atoms with E-state index in [0.29, 0.717) is 32.7 Å². The minimum absolute atomic E-state index is 0.00629. The lowest BCUT2D eigenvalue weighted by molar-refractivity contribution is -0.136. The summed E-state index contributed by atoms with van der Waals surface area (Å²) in [5, 5.41) is 11.8. The van der Waals surface area contributed by atoms with Gasteiger partial charge in [-0.15, -0.1) is 0 Å². The molecule has 41 heavy (non-hydrogen) atoms. The van der Waals surface area contributed by atoms with Crippen molar-refractivity contribution in [2.45, 2.75) is 43.1 Å². The number of fused-ring (bicyclic) bond motifs is 5. The number of nitrogens with zero attached hydrogens (tertiary/aromatic N) is 1. The monoisotopic (exact) mass is 547 g/mol. The summed E-state index contributed by atoms with van der Waals surface area (Å²) in [5.41, 5.74) is 5.65. The van der Waals surface area contributed by atoms with E-state index in [1.165, 1.54) is 22.3 Å². The molecule has 0 radical (unpaired) electrons. The third-order valence-electron chi connectivity index (χ3n) is 8.74. The van der Waals surface area contributed by atoms with Crippen LogP contribution >= 0.6 is 0 Å². The van der Waals surface area contributed by atoms with Crippen LogP contribution in [0.5, 0.6) is 5.75 Å². The van der Waals surface area contributed by atoms with Gasteiger partial charge in [0.2, 0.25) is 0 Å². The van der Waals surface area contributed by atoms with E-state index in [-0.39, 0.29) is 30.7 Å². The average Bonchev–Trinajstić information content (AvgIpc) is 3.33. The molecule has 2 atom stereocenters. The van der Waals surface area contributed by atoms with Crippen molar-refractivity contribution >= 4 is 6.09 Å². The number of hydrogen-bond donors (Lipinski definition) is 1. The molecule has 2 aliphatic heterocycles. The molecule has 0 saturated carbocycles. The largest absolute Gasteiger partial charge is 0.489 e. The van der Waals surface area contributed by atoms with Crippen molar-refractivity contribution in [3.05, 3.63) is 125 Å². The fraction of sp³-hybridized carbons (Fsp3) is 0.286. The van der Waals surface area contributed by atoms with E-state index in [1.54, 1.807) is 0 Å². The highest BCUT2D eigenvalue weighted by Crippen LogP contribution is 2.45. The van der Waals surface area contributed by atoms with Crippen LogP contribution < -0.4 is 4.74 Å². The van der Waals surface area contributed by atoms with E-state index >= 15 is 0 Å².